The van der Waals surface area contributed by atoms with Crippen molar-refractivity contribution in [3.63, 3.8) is 0 Å². The van der Waals surface area contributed by atoms with Crippen LogP contribution < -0.4 is 51.6 Å². The summed E-state index contributed by atoms with van der Waals surface area (Å²) in [6, 6.07) is 2.63. The van der Waals surface area contributed by atoms with Crippen LogP contribution in [0.5, 0.6) is 0 Å². The Balaban J connectivity index is -0.000000245. The average molecular weight is 1440 g/mol. The Morgan fingerprint density at radius 1 is 0.244 bits per heavy atom. The van der Waals surface area contributed by atoms with Crippen LogP contribution in [0.3, 0.4) is 0 Å². The molecule has 0 aromatic rings. The average Bonchev–Trinajstić information content (AvgIpc) is 1.92. The van der Waals surface area contributed by atoms with Crippen molar-refractivity contribution in [1.29, 1.82) is 0 Å². The number of nitrogens with zero attached hydrogens (tertiary/aromatic N) is 3. The van der Waals surface area contributed by atoms with E-state index in [0.29, 0.717) is 211 Å². The largest absolute Gasteiger partial charge is 0.437 e. The molecule has 27 N–H and O–H groups in total. The first kappa shape index (κ1) is 99.9. The van der Waals surface area contributed by atoms with Gasteiger partial charge in [-0.25, -0.2) is 50.5 Å². The summed E-state index contributed by atoms with van der Waals surface area (Å²) in [7, 11) is -22.5. The van der Waals surface area contributed by atoms with Crippen molar-refractivity contribution in [2.24, 2.45) is 16.2 Å². The third-order valence-electron chi connectivity index (χ3n) is 10.4. The topological polar surface area (TPSA) is 579 Å². The molecule has 0 bridgehead atoms. The van der Waals surface area contributed by atoms with Gasteiger partial charge in [0.05, 0.1) is 179 Å². The third kappa shape index (κ3) is 81.1. The van der Waals surface area contributed by atoms with E-state index in [1.54, 1.807) is 0 Å². The van der Waals surface area contributed by atoms with E-state index in [2.05, 4.69) is 147 Å². The summed E-state index contributed by atoms with van der Waals surface area (Å²) in [6.45, 7) is 36.7. The molecule has 9 unspecified atom stereocenters. The van der Waals surface area contributed by atoms with Crippen molar-refractivity contribution in [3.8, 4) is 0 Å². The normalized spacial score (nSPS) is 17.4. The molecule has 0 aliphatic rings. The van der Waals surface area contributed by atoms with Crippen LogP contribution in [-0.4, -0.2) is 261 Å². The van der Waals surface area contributed by atoms with E-state index >= 15 is 0 Å². The van der Waals surface area contributed by atoms with E-state index in [0.717, 1.165) is 19.3 Å². The van der Waals surface area contributed by atoms with Gasteiger partial charge in [-0.1, -0.05) is 20.8 Å². The predicted octanol–water partition coefficient (Wildman–Crippen LogP) is -7.19. The monoisotopic (exact) mass is 1440 g/mol. The number of ether oxygens (including phenoxy) is 9. The minimum atomic E-state index is -3.74. The van der Waals surface area contributed by atoms with Crippen molar-refractivity contribution < 1.29 is 145 Å². The highest BCUT2D eigenvalue weighted by Crippen LogP contribution is 2.26. The number of sulfonamides is 6. The Kier molecular flexibility index (Phi) is 57.8. The van der Waals surface area contributed by atoms with Gasteiger partial charge in [0.25, 0.3) is 0 Å². The van der Waals surface area contributed by atoms with Crippen LogP contribution in [-0.2, 0) is 103 Å². The van der Waals surface area contributed by atoms with Gasteiger partial charge < -0.3 is 107 Å². The molecule has 0 rings (SSSR count). The van der Waals surface area contributed by atoms with Gasteiger partial charge in [0.15, 0.2) is 0 Å². The summed E-state index contributed by atoms with van der Waals surface area (Å²) in [6.07, 6.45) is 7.16. The first-order chi connectivity index (χ1) is 40.6. The molecule has 552 valence electrons. The van der Waals surface area contributed by atoms with Crippen LogP contribution in [0, 0.1) is 16.2 Å². The highest BCUT2D eigenvalue weighted by molar-refractivity contribution is 8.12. The molecule has 0 amide bonds. The summed E-state index contributed by atoms with van der Waals surface area (Å²) in [4.78, 5) is 0. The van der Waals surface area contributed by atoms with E-state index < -0.39 is 60.1 Å². The molecule has 39 heteroatoms. The molecule has 0 saturated carbocycles. The highest BCUT2D eigenvalue weighted by Gasteiger charge is 2.33. The summed E-state index contributed by atoms with van der Waals surface area (Å²) in [5.74, 6) is 0. The van der Waals surface area contributed by atoms with E-state index in [-0.39, 0.29) is 16.2 Å². The lowest BCUT2D eigenvalue weighted by Gasteiger charge is -2.32. The maximum Gasteiger partial charge on any atom is 0.105 e. The lowest BCUT2D eigenvalue weighted by Crippen LogP contribution is -2.62. The fourth-order valence-corrected chi connectivity index (χ4v) is 12.2. The van der Waals surface area contributed by atoms with E-state index in [1.807, 2.05) is 0 Å². The van der Waals surface area contributed by atoms with Crippen molar-refractivity contribution in [3.05, 3.63) is 12.4 Å². The van der Waals surface area contributed by atoms with Crippen molar-refractivity contribution in [2.45, 2.75) is 157 Å². The van der Waals surface area contributed by atoms with Crippen LogP contribution in [0.15, 0.2) is 0 Å². The van der Waals surface area contributed by atoms with Gasteiger partial charge in [0.1, 0.15) is 54.4 Å². The molecule has 0 fully saturated rings. The second-order valence-electron chi connectivity index (χ2n) is 24.8. The maximum absolute atomic E-state index is 10.1. The molecule has 0 heterocycles. The summed E-state index contributed by atoms with van der Waals surface area (Å²) >= 11 is 0. The van der Waals surface area contributed by atoms with Crippen molar-refractivity contribution in [2.75, 3.05) is 156 Å². The second kappa shape index (κ2) is 52.0. The summed E-state index contributed by atoms with van der Waals surface area (Å²) in [5, 5.41) is 0. The van der Waals surface area contributed by atoms with Crippen molar-refractivity contribution in [1.82, 2.24) is 0 Å². The summed E-state index contributed by atoms with van der Waals surface area (Å²) < 4.78 is 181. The van der Waals surface area contributed by atoms with Gasteiger partial charge in [-0.2, -0.15) is 0 Å². The quantitative estimate of drug-likeness (QED) is 0.0273. The van der Waals surface area contributed by atoms with E-state index in [4.69, 9.17) is 42.6 Å². The minimum absolute atomic E-state index is 0.0985. The van der Waals surface area contributed by atoms with Gasteiger partial charge in [-0.05, 0) is 81.6 Å². The fraction of sp³-hybridized carbons (Fsp3) is 1.00. The van der Waals surface area contributed by atoms with Gasteiger partial charge in [0.2, 0.25) is 0 Å². The number of quaternary nitrogens is 9. The fourth-order valence-electron chi connectivity index (χ4n) is 6.32. The molecular formula is C51H132N12O21S6+6. The Morgan fingerprint density at radius 3 is 0.378 bits per heavy atom. The molecule has 0 spiro atoms. The molecule has 0 aliphatic carbocycles. The first-order valence-electron chi connectivity index (χ1n) is 29.6. The van der Waals surface area contributed by atoms with Gasteiger partial charge in [-0.15, -0.1) is 0 Å². The van der Waals surface area contributed by atoms with Crippen LogP contribution in [0.4, 0.5) is 0 Å². The molecule has 90 heavy (non-hydrogen) atoms. The zero-order valence-electron chi connectivity index (χ0n) is 58.3. The zero-order valence-corrected chi connectivity index (χ0v) is 63.2. The SMILES string of the molecule is CCC(COCC(C)[NH3+])(COCC(C)[NH3+])COCC(C)[NH3+].CCC(COCC(C)[NH3+])(COCC(C)[NH3+])COCC(C)[NH3+].CCC(COCC(C)[NH3+])(COCC(C)[NH3+])COCC(C)[NH3+].CS(=O)(=O)[N-]S(C)(=O)=O.CS(=O)(=O)[N-]S(C)(=O)=O.CS(=O)(=O)[N-]S(C)(=O)=O. The first-order valence-corrected chi connectivity index (χ1v) is 40.7. The van der Waals surface area contributed by atoms with Gasteiger partial charge in [0, 0.05) is 53.8 Å². The minimum Gasteiger partial charge on any atom is -0.437 e. The molecule has 0 saturated heterocycles. The Labute approximate surface area is 543 Å². The Hall–Kier alpha value is -1.14. The lowest BCUT2D eigenvalue weighted by atomic mass is 9.88. The predicted molar refractivity (Wildman–Crippen MR) is 346 cm³/mol. The number of hydrogen-bond donors (Lipinski definition) is 9. The molecule has 0 aromatic carbocycles. The van der Waals surface area contributed by atoms with E-state index in [9.17, 15) is 50.5 Å². The number of rotatable bonds is 45. The lowest BCUT2D eigenvalue weighted by molar-refractivity contribution is -0.425. The van der Waals surface area contributed by atoms with Crippen LogP contribution >= 0.6 is 0 Å². The van der Waals surface area contributed by atoms with Gasteiger partial charge in [-0.3, -0.25) is 0 Å². The molecule has 0 radical (unpaired) electrons. The van der Waals surface area contributed by atoms with Crippen LogP contribution in [0.2, 0.25) is 0 Å². The van der Waals surface area contributed by atoms with Crippen molar-refractivity contribution >= 4 is 60.1 Å². The second-order valence-corrected chi connectivity index (χ2v) is 35.4. The van der Waals surface area contributed by atoms with Crippen LogP contribution in [0.25, 0.3) is 12.4 Å². The zero-order chi connectivity index (χ0) is 72.0. The Morgan fingerprint density at radius 2 is 0.333 bits per heavy atom. The number of hydrogen-bond acceptors (Lipinski definition) is 21. The van der Waals surface area contributed by atoms with Gasteiger partial charge >= 0.3 is 0 Å². The molecular weight excluding hydrogens is 1310 g/mol. The molecule has 0 aromatic heterocycles. The van der Waals surface area contributed by atoms with Crippen LogP contribution in [0.1, 0.15) is 102 Å². The standard InChI is InChI=1S/3C15H35N3O3.3C2H6NO4S2/c3*1-5-15(9-19-6-12(2)16,10-20-7-13(3)17)11-21-8-14(4)18;3*1-8(4,5)3-9(2,6)7/h3*12-14H,5-11,16-18H2,1-4H3;3*1-2H3/q;;;3*-1/p+9. The third-order valence-corrected chi connectivity index (χ3v) is 16.9. The molecule has 0 aliphatic heterocycles. The van der Waals surface area contributed by atoms with E-state index in [1.165, 1.54) is 0 Å². The smallest absolute Gasteiger partial charge is 0.105 e. The highest BCUT2D eigenvalue weighted by atomic mass is 32.3. The Bertz CT molecular complexity index is 1980. The summed E-state index contributed by atoms with van der Waals surface area (Å²) in [5.41, 5.74) is 35.3. The molecule has 9 atom stereocenters. The molecule has 33 nitrogen and oxygen atoms in total. The maximum atomic E-state index is 10.1.